The van der Waals surface area contributed by atoms with Gasteiger partial charge in [0.15, 0.2) is 0 Å². The average Bonchev–Trinajstić information content (AvgIpc) is 2.87. The van der Waals surface area contributed by atoms with Crippen molar-refractivity contribution in [1.82, 2.24) is 9.80 Å². The van der Waals surface area contributed by atoms with Crippen LogP contribution in [0.3, 0.4) is 0 Å². The van der Waals surface area contributed by atoms with E-state index in [2.05, 4.69) is 34.6 Å². The molecule has 7 nitrogen and oxygen atoms in total. The number of benzene rings is 2. The molecule has 1 N–H and O–H groups in total. The molecule has 0 aliphatic carbocycles. The zero-order chi connectivity index (χ0) is 25.6. The number of halogens is 1. The summed E-state index contributed by atoms with van der Waals surface area (Å²) in [5, 5.41) is 1.50. The maximum Gasteiger partial charge on any atom is 0.341 e. The predicted octanol–water partition coefficient (Wildman–Crippen LogP) is 4.70. The number of likely N-dealkylation sites (N-methyl/N-ethyl adjacent to an activating group) is 1. The lowest BCUT2D eigenvalue weighted by molar-refractivity contribution is 0.0733. The highest BCUT2D eigenvalue weighted by Crippen LogP contribution is 2.36. The van der Waals surface area contributed by atoms with Crippen molar-refractivity contribution in [2.45, 2.75) is 26.8 Å². The summed E-state index contributed by atoms with van der Waals surface area (Å²) in [7, 11) is 2.14. The minimum atomic E-state index is -0.356. The smallest absolute Gasteiger partial charge is 0.341 e. The Kier molecular flexibility index (Phi) is 6.94. The van der Waals surface area contributed by atoms with Crippen molar-refractivity contribution in [2.24, 2.45) is 0 Å². The van der Waals surface area contributed by atoms with E-state index in [1.54, 1.807) is 23.1 Å². The van der Waals surface area contributed by atoms with Gasteiger partial charge in [0.05, 0.1) is 22.8 Å². The first kappa shape index (κ1) is 25.0. The molecule has 1 amide bonds. The zero-order valence-corrected chi connectivity index (χ0v) is 22.7. The van der Waals surface area contributed by atoms with E-state index >= 15 is 0 Å². The quantitative estimate of drug-likeness (QED) is 0.390. The summed E-state index contributed by atoms with van der Waals surface area (Å²) in [5.41, 5.74) is 6.42. The molecule has 5 rings (SSSR count). The van der Waals surface area contributed by atoms with Crippen LogP contribution in [-0.2, 0) is 13.0 Å². The number of hydrogen-bond acceptors (Lipinski definition) is 7. The van der Waals surface area contributed by atoms with Gasteiger partial charge >= 0.3 is 5.63 Å². The fraction of sp³-hybridized carbons (Fsp3) is 0.407. The van der Waals surface area contributed by atoms with E-state index < -0.39 is 0 Å². The highest BCUT2D eigenvalue weighted by atomic mass is 35.5. The summed E-state index contributed by atoms with van der Waals surface area (Å²) in [4.78, 5) is 32.9. The first-order valence-corrected chi connectivity index (χ1v) is 13.8. The molecule has 0 radical (unpaired) electrons. The summed E-state index contributed by atoms with van der Waals surface area (Å²) < 4.78 is 9.05. The summed E-state index contributed by atoms with van der Waals surface area (Å²) in [6.07, 6.45) is 2.52. The molecule has 36 heavy (non-hydrogen) atoms. The monoisotopic (exact) mass is 526 g/mol. The van der Waals surface area contributed by atoms with Crippen molar-refractivity contribution in [2.75, 3.05) is 55.6 Å². The zero-order valence-electron chi connectivity index (χ0n) is 21.1. The Hall–Kier alpha value is -2.68. The van der Waals surface area contributed by atoms with Crippen molar-refractivity contribution < 1.29 is 9.21 Å². The molecule has 1 fully saturated rings. The van der Waals surface area contributed by atoms with Gasteiger partial charge in [-0.05, 0) is 62.7 Å². The molecule has 1 saturated heterocycles. The molecule has 0 unspecified atom stereocenters. The lowest BCUT2D eigenvalue weighted by Crippen LogP contribution is -2.44. The van der Waals surface area contributed by atoms with Crippen LogP contribution in [0.15, 0.2) is 33.5 Å². The highest BCUT2D eigenvalue weighted by Gasteiger charge is 2.29. The summed E-state index contributed by atoms with van der Waals surface area (Å²) in [6.45, 7) is 8.82. The minimum absolute atomic E-state index is 0.143. The van der Waals surface area contributed by atoms with Gasteiger partial charge in [-0.1, -0.05) is 23.5 Å². The molecule has 1 aromatic heterocycles. The van der Waals surface area contributed by atoms with E-state index in [4.69, 9.17) is 16.0 Å². The third kappa shape index (κ3) is 4.46. The number of piperazine rings is 1. The van der Waals surface area contributed by atoms with Gasteiger partial charge in [-0.3, -0.25) is 4.79 Å². The Morgan fingerprint density at radius 3 is 2.53 bits per heavy atom. The molecule has 2 aliphatic rings. The number of aryl methyl sites for hydroxylation is 2. The Morgan fingerprint density at radius 1 is 1.08 bits per heavy atom. The number of carbonyl (C=O) groups is 1. The molecule has 0 saturated carbocycles. The normalized spacial score (nSPS) is 16.4. The molecule has 0 atom stereocenters. The third-order valence-corrected chi connectivity index (χ3v) is 8.08. The van der Waals surface area contributed by atoms with Crippen molar-refractivity contribution >= 4 is 51.8 Å². The lowest BCUT2D eigenvalue weighted by atomic mass is 9.92. The molecule has 3 heterocycles. The highest BCUT2D eigenvalue weighted by molar-refractivity contribution is 7.99. The second-order valence-corrected chi connectivity index (χ2v) is 10.7. The van der Waals surface area contributed by atoms with Gasteiger partial charge in [0.1, 0.15) is 5.58 Å². The van der Waals surface area contributed by atoms with E-state index in [9.17, 15) is 9.59 Å². The number of carbonyl (C=O) groups excluding carboxylic acids is 1. The number of fused-ring (bicyclic) bond motifs is 3. The summed E-state index contributed by atoms with van der Waals surface area (Å²) >= 11 is 7.79. The van der Waals surface area contributed by atoms with Crippen LogP contribution in [0.25, 0.3) is 11.0 Å². The topological polar surface area (TPSA) is 69.0 Å². The fourth-order valence-corrected chi connectivity index (χ4v) is 6.01. The minimum Gasteiger partial charge on any atom is -0.422 e. The molecule has 0 spiro atoms. The van der Waals surface area contributed by atoms with Crippen LogP contribution in [0.2, 0.25) is 5.02 Å². The molecular formula is C27H31ClN4O3S. The standard InChI is InChI=1S/C27H31ClN4O3S/c1-16-13-23(31-11-9-30(3)10-12-31)17(2)25-24(16)19-7-8-32(15-20(19)27(34)35-25)26(33)18-5-6-22(29-36-4)21(28)14-18/h5-6,13-14,29H,7-12,15H2,1-4H3. The van der Waals surface area contributed by atoms with E-state index in [1.807, 2.05) is 13.2 Å². The SMILES string of the molecule is CSNc1ccc(C(=O)N2CCc3c(c(=O)oc4c(C)c(N5CCN(C)CC5)cc(C)c34)C2)cc1Cl. The molecule has 0 bridgehead atoms. The first-order valence-electron chi connectivity index (χ1n) is 12.2. The van der Waals surface area contributed by atoms with Crippen LogP contribution >= 0.6 is 23.5 Å². The second-order valence-electron chi connectivity index (χ2n) is 9.66. The van der Waals surface area contributed by atoms with Crippen molar-refractivity contribution in [3.8, 4) is 0 Å². The first-order chi connectivity index (χ1) is 17.3. The van der Waals surface area contributed by atoms with E-state index in [0.29, 0.717) is 34.7 Å². The Balaban J connectivity index is 1.48. The van der Waals surface area contributed by atoms with Crippen molar-refractivity contribution in [1.29, 1.82) is 0 Å². The number of hydrogen-bond donors (Lipinski definition) is 1. The average molecular weight is 527 g/mol. The van der Waals surface area contributed by atoms with Crippen LogP contribution < -0.4 is 15.2 Å². The van der Waals surface area contributed by atoms with Crippen molar-refractivity contribution in [3.63, 3.8) is 0 Å². The maximum absolute atomic E-state index is 13.3. The molecule has 190 valence electrons. The molecule has 9 heteroatoms. The lowest BCUT2D eigenvalue weighted by Gasteiger charge is -2.35. The molecule has 2 aromatic carbocycles. The van der Waals surface area contributed by atoms with Gasteiger partial charge in [0.2, 0.25) is 0 Å². The molecule has 3 aromatic rings. The Labute approximate surface area is 220 Å². The van der Waals surface area contributed by atoms with Crippen LogP contribution in [0.5, 0.6) is 0 Å². The van der Waals surface area contributed by atoms with Gasteiger partial charge in [0.25, 0.3) is 5.91 Å². The number of anilines is 2. The van der Waals surface area contributed by atoms with Gasteiger partial charge < -0.3 is 23.8 Å². The number of rotatable bonds is 4. The van der Waals surface area contributed by atoms with Crippen molar-refractivity contribution in [3.05, 3.63) is 67.5 Å². The maximum atomic E-state index is 13.3. The number of nitrogens with one attached hydrogen (secondary N) is 1. The van der Waals surface area contributed by atoms with Gasteiger partial charge in [-0.25, -0.2) is 4.79 Å². The predicted molar refractivity (Wildman–Crippen MR) is 149 cm³/mol. The molecular weight excluding hydrogens is 496 g/mol. The van der Waals surface area contributed by atoms with E-state index in [1.165, 1.54) is 11.9 Å². The van der Waals surface area contributed by atoms with Crippen LogP contribution in [0.1, 0.15) is 32.6 Å². The van der Waals surface area contributed by atoms with E-state index in [0.717, 1.165) is 59.6 Å². The van der Waals surface area contributed by atoms with Gasteiger partial charge in [-0.2, -0.15) is 0 Å². The number of amides is 1. The van der Waals surface area contributed by atoms with Crippen LogP contribution in [0.4, 0.5) is 11.4 Å². The molecule has 2 aliphatic heterocycles. The summed E-state index contributed by atoms with van der Waals surface area (Å²) in [6, 6.07) is 7.47. The van der Waals surface area contributed by atoms with Gasteiger partial charge in [0, 0.05) is 61.2 Å². The fourth-order valence-electron chi connectivity index (χ4n) is 5.32. The number of nitrogens with zero attached hydrogens (tertiary/aromatic N) is 3. The van der Waals surface area contributed by atoms with Crippen LogP contribution in [-0.4, -0.2) is 61.7 Å². The third-order valence-electron chi connectivity index (χ3n) is 7.35. The second kappa shape index (κ2) is 10.00. The van der Waals surface area contributed by atoms with Crippen LogP contribution in [0, 0.1) is 13.8 Å². The Morgan fingerprint density at radius 2 is 1.83 bits per heavy atom. The Bertz CT molecular complexity index is 1400. The largest absolute Gasteiger partial charge is 0.422 e. The summed E-state index contributed by atoms with van der Waals surface area (Å²) in [5.74, 6) is -0.143. The van der Waals surface area contributed by atoms with Gasteiger partial charge in [-0.15, -0.1) is 0 Å². The van der Waals surface area contributed by atoms with E-state index in [-0.39, 0.29) is 18.1 Å².